The first-order valence-corrected chi connectivity index (χ1v) is 9.69. The van der Waals surface area contributed by atoms with E-state index in [9.17, 15) is 4.79 Å². The first kappa shape index (κ1) is 17.1. The van der Waals surface area contributed by atoms with Crippen molar-refractivity contribution < 1.29 is 9.21 Å². The van der Waals surface area contributed by atoms with Crippen LogP contribution in [0.2, 0.25) is 5.02 Å². The van der Waals surface area contributed by atoms with Gasteiger partial charge in [-0.2, -0.15) is 0 Å². The van der Waals surface area contributed by atoms with E-state index in [2.05, 4.69) is 10.3 Å². The predicted molar refractivity (Wildman–Crippen MR) is 99.3 cm³/mol. The Balaban J connectivity index is 1.41. The third kappa shape index (κ3) is 4.87. The number of thioether (sulfide) groups is 1. The molecule has 3 rings (SSSR count). The molecule has 124 valence electrons. The second-order valence-corrected chi connectivity index (χ2v) is 7.39. The monoisotopic (exact) mass is 378 g/mol. The van der Waals surface area contributed by atoms with Crippen LogP contribution in [0.25, 0.3) is 10.8 Å². The third-order valence-electron chi connectivity index (χ3n) is 3.14. The van der Waals surface area contributed by atoms with Crippen molar-refractivity contribution in [3.8, 4) is 10.8 Å². The van der Waals surface area contributed by atoms with Crippen molar-refractivity contribution in [1.82, 2.24) is 10.3 Å². The number of carbonyl (C=O) groups is 1. The van der Waals surface area contributed by atoms with E-state index in [1.807, 2.05) is 41.8 Å². The highest BCUT2D eigenvalue weighted by molar-refractivity contribution is 7.99. The molecule has 0 aliphatic rings. The van der Waals surface area contributed by atoms with Crippen LogP contribution < -0.4 is 5.32 Å². The fraction of sp³-hybridized carbons (Fsp3) is 0.176. The van der Waals surface area contributed by atoms with Crippen molar-refractivity contribution in [2.75, 3.05) is 5.75 Å². The van der Waals surface area contributed by atoms with Crippen molar-refractivity contribution in [3.05, 3.63) is 64.3 Å². The maximum absolute atomic E-state index is 11.9. The molecular weight excluding hydrogens is 364 g/mol. The van der Waals surface area contributed by atoms with Gasteiger partial charge in [-0.3, -0.25) is 4.79 Å². The lowest BCUT2D eigenvalue weighted by molar-refractivity contribution is -0.118. The van der Waals surface area contributed by atoms with Crippen LogP contribution in [0.15, 0.2) is 52.5 Å². The highest BCUT2D eigenvalue weighted by Crippen LogP contribution is 2.23. The summed E-state index contributed by atoms with van der Waals surface area (Å²) in [4.78, 5) is 17.2. The molecule has 0 bridgehead atoms. The minimum Gasteiger partial charge on any atom is -0.443 e. The summed E-state index contributed by atoms with van der Waals surface area (Å²) in [6.45, 7) is 0.367. The lowest BCUT2D eigenvalue weighted by Crippen LogP contribution is -2.24. The Hall–Kier alpha value is -1.76. The van der Waals surface area contributed by atoms with Crippen LogP contribution >= 0.6 is 34.7 Å². The van der Waals surface area contributed by atoms with Crippen LogP contribution in [0, 0.1) is 0 Å². The van der Waals surface area contributed by atoms with Gasteiger partial charge in [0.2, 0.25) is 11.8 Å². The Morgan fingerprint density at radius 3 is 3.04 bits per heavy atom. The average Bonchev–Trinajstić information content (AvgIpc) is 3.24. The molecule has 0 aliphatic carbocycles. The summed E-state index contributed by atoms with van der Waals surface area (Å²) in [7, 11) is 0. The van der Waals surface area contributed by atoms with Crippen molar-refractivity contribution in [2.45, 2.75) is 12.3 Å². The van der Waals surface area contributed by atoms with Gasteiger partial charge >= 0.3 is 0 Å². The van der Waals surface area contributed by atoms with Gasteiger partial charge in [0.15, 0.2) is 0 Å². The molecule has 24 heavy (non-hydrogen) atoms. The molecule has 0 unspecified atom stereocenters. The van der Waals surface area contributed by atoms with E-state index in [1.165, 1.54) is 0 Å². The second-order valence-electron chi connectivity index (χ2n) is 5.02. The van der Waals surface area contributed by atoms with Crippen LogP contribution in [-0.4, -0.2) is 16.6 Å². The molecule has 0 aliphatic heterocycles. The number of carbonyl (C=O) groups excluding carboxylic acids is 1. The molecule has 1 aromatic carbocycles. The molecule has 0 saturated carbocycles. The topological polar surface area (TPSA) is 55.1 Å². The van der Waals surface area contributed by atoms with Gasteiger partial charge in [-0.1, -0.05) is 29.8 Å². The molecular formula is C17H15ClN2O2S2. The van der Waals surface area contributed by atoms with Crippen LogP contribution in [0.1, 0.15) is 11.3 Å². The average molecular weight is 379 g/mol. The Kier molecular flexibility index (Phi) is 5.96. The van der Waals surface area contributed by atoms with Gasteiger partial charge in [0.05, 0.1) is 22.9 Å². The first-order chi connectivity index (χ1) is 11.7. The van der Waals surface area contributed by atoms with Crippen molar-refractivity contribution in [3.63, 3.8) is 0 Å². The minimum atomic E-state index is -0.0253. The highest BCUT2D eigenvalue weighted by atomic mass is 35.5. The first-order valence-electron chi connectivity index (χ1n) is 7.28. The van der Waals surface area contributed by atoms with Crippen molar-refractivity contribution in [1.29, 1.82) is 0 Å². The molecule has 1 N–H and O–H groups in total. The summed E-state index contributed by atoms with van der Waals surface area (Å²) in [5, 5.41) is 5.53. The molecule has 7 heteroatoms. The van der Waals surface area contributed by atoms with Gasteiger partial charge in [-0.15, -0.1) is 23.1 Å². The van der Waals surface area contributed by atoms with Gasteiger partial charge in [-0.25, -0.2) is 4.98 Å². The number of thiophene rings is 1. The fourth-order valence-corrected chi connectivity index (χ4v) is 3.70. The van der Waals surface area contributed by atoms with E-state index in [4.69, 9.17) is 16.0 Å². The number of hydrogen-bond donors (Lipinski definition) is 1. The van der Waals surface area contributed by atoms with Crippen molar-refractivity contribution in [2.24, 2.45) is 0 Å². The van der Waals surface area contributed by atoms with Crippen LogP contribution in [0.5, 0.6) is 0 Å². The van der Waals surface area contributed by atoms with E-state index in [0.717, 1.165) is 16.2 Å². The summed E-state index contributed by atoms with van der Waals surface area (Å²) < 4.78 is 5.42. The molecule has 0 fully saturated rings. The van der Waals surface area contributed by atoms with Crippen LogP contribution in [0.3, 0.4) is 0 Å². The zero-order valence-corrected chi connectivity index (χ0v) is 15.1. The molecule has 0 radical (unpaired) electrons. The van der Waals surface area contributed by atoms with Gasteiger partial charge in [0.25, 0.3) is 0 Å². The maximum atomic E-state index is 11.9. The number of amides is 1. The summed E-state index contributed by atoms with van der Waals surface area (Å²) in [5.74, 6) is 1.70. The Labute approximate surface area is 153 Å². The van der Waals surface area contributed by atoms with Gasteiger partial charge in [0.1, 0.15) is 6.26 Å². The molecule has 2 aromatic heterocycles. The summed E-state index contributed by atoms with van der Waals surface area (Å²) >= 11 is 9.06. The van der Waals surface area contributed by atoms with Gasteiger partial charge < -0.3 is 9.73 Å². The number of aromatic nitrogens is 1. The minimum absolute atomic E-state index is 0.0253. The predicted octanol–water partition coefficient (Wildman–Crippen LogP) is 4.61. The Morgan fingerprint density at radius 1 is 1.33 bits per heavy atom. The van der Waals surface area contributed by atoms with Gasteiger partial charge in [0, 0.05) is 10.8 Å². The summed E-state index contributed by atoms with van der Waals surface area (Å²) in [6, 6.07) is 11.6. The molecule has 0 spiro atoms. The zero-order chi connectivity index (χ0) is 16.8. The van der Waals surface area contributed by atoms with E-state index in [1.54, 1.807) is 29.4 Å². The normalized spacial score (nSPS) is 10.7. The second kappa shape index (κ2) is 8.37. The largest absolute Gasteiger partial charge is 0.443 e. The number of rotatable bonds is 7. The van der Waals surface area contributed by atoms with Crippen LogP contribution in [0.4, 0.5) is 0 Å². The lowest BCUT2D eigenvalue weighted by atomic mass is 10.2. The standard InChI is InChI=1S/C17H15ClN2O2S2/c18-13-4-1-3-12(7-13)10-23-11-16(21)19-8-14-9-22-17(20-14)15-5-2-6-24-15/h1-7,9H,8,10-11H2,(H,19,21). The molecule has 0 saturated heterocycles. The van der Waals surface area contributed by atoms with E-state index < -0.39 is 0 Å². The smallest absolute Gasteiger partial charge is 0.236 e. The molecule has 2 heterocycles. The van der Waals surface area contributed by atoms with Crippen LogP contribution in [-0.2, 0) is 17.1 Å². The highest BCUT2D eigenvalue weighted by Gasteiger charge is 2.09. The number of hydrogen-bond acceptors (Lipinski definition) is 5. The number of benzene rings is 1. The SMILES string of the molecule is O=C(CSCc1cccc(Cl)c1)NCc1coc(-c2cccs2)n1. The van der Waals surface area contributed by atoms with Crippen molar-refractivity contribution >= 4 is 40.6 Å². The maximum Gasteiger partial charge on any atom is 0.236 e. The summed E-state index contributed by atoms with van der Waals surface area (Å²) in [6.07, 6.45) is 1.58. The molecule has 3 aromatic rings. The molecule has 0 atom stereocenters. The van der Waals surface area contributed by atoms with E-state index >= 15 is 0 Å². The Morgan fingerprint density at radius 2 is 2.25 bits per heavy atom. The number of oxazole rings is 1. The van der Waals surface area contributed by atoms with E-state index in [-0.39, 0.29) is 5.91 Å². The third-order valence-corrected chi connectivity index (χ3v) is 5.24. The number of nitrogens with one attached hydrogen (secondary N) is 1. The summed E-state index contributed by atoms with van der Waals surface area (Å²) in [5.41, 5.74) is 1.82. The lowest BCUT2D eigenvalue weighted by Gasteiger charge is -2.04. The molecule has 1 amide bonds. The molecule has 4 nitrogen and oxygen atoms in total. The quantitative estimate of drug-likeness (QED) is 0.652. The van der Waals surface area contributed by atoms with Gasteiger partial charge in [-0.05, 0) is 29.1 Å². The van der Waals surface area contributed by atoms with E-state index in [0.29, 0.717) is 28.9 Å². The zero-order valence-electron chi connectivity index (χ0n) is 12.7. The fourth-order valence-electron chi connectivity index (χ4n) is 2.03. The number of nitrogens with zero attached hydrogens (tertiary/aromatic N) is 1. The Bertz CT molecular complexity index is 803. The number of halogens is 1.